The molecule has 5 heteroatoms. The number of rotatable bonds is 4. The zero-order chi connectivity index (χ0) is 14.5. The van der Waals surface area contributed by atoms with Gasteiger partial charge in [0.05, 0.1) is 0 Å². The topological polar surface area (TPSA) is 32.3 Å². The lowest BCUT2D eigenvalue weighted by atomic mass is 10.2. The number of aryl methyl sites for hydroxylation is 1. The Morgan fingerprint density at radius 2 is 1.95 bits per heavy atom. The average molecular weight is 293 g/mol. The molecule has 20 heavy (non-hydrogen) atoms. The number of nitrogens with zero attached hydrogens (tertiary/aromatic N) is 4. The van der Waals surface area contributed by atoms with Gasteiger partial charge in [0.1, 0.15) is 16.8 Å². The maximum atomic E-state index is 6.20. The quantitative estimate of drug-likeness (QED) is 0.629. The lowest BCUT2D eigenvalue weighted by Gasteiger charge is -2.35. The van der Waals surface area contributed by atoms with E-state index in [4.69, 9.17) is 18.0 Å². The van der Waals surface area contributed by atoms with Gasteiger partial charge in [0, 0.05) is 51.1 Å². The van der Waals surface area contributed by atoms with E-state index >= 15 is 0 Å². The van der Waals surface area contributed by atoms with Crippen molar-refractivity contribution in [1.29, 1.82) is 0 Å². The van der Waals surface area contributed by atoms with Crippen molar-refractivity contribution in [1.82, 2.24) is 14.9 Å². The fourth-order valence-electron chi connectivity index (χ4n) is 2.39. The molecule has 4 nitrogen and oxygen atoms in total. The number of halogens is 1. The minimum atomic E-state index is 0.571. The first-order valence-electron chi connectivity index (χ1n) is 7.09. The van der Waals surface area contributed by atoms with Gasteiger partial charge in [-0.05, 0) is 6.92 Å². The molecule has 0 unspecified atom stereocenters. The minimum Gasteiger partial charge on any atom is -0.354 e. The van der Waals surface area contributed by atoms with Crippen molar-refractivity contribution in [2.75, 3.05) is 37.6 Å². The maximum absolute atomic E-state index is 6.20. The molecule has 1 saturated heterocycles. The molecule has 1 fully saturated rings. The molecule has 1 aromatic rings. The Morgan fingerprint density at radius 3 is 2.55 bits per heavy atom. The normalized spacial score (nSPS) is 16.2. The van der Waals surface area contributed by atoms with Crippen LogP contribution in [-0.4, -0.2) is 47.6 Å². The van der Waals surface area contributed by atoms with E-state index in [1.165, 1.54) is 0 Å². The lowest BCUT2D eigenvalue weighted by molar-refractivity contribution is 0.263. The van der Waals surface area contributed by atoms with E-state index in [0.29, 0.717) is 5.15 Å². The third-order valence-corrected chi connectivity index (χ3v) is 4.04. The van der Waals surface area contributed by atoms with Gasteiger partial charge in [0.25, 0.3) is 0 Å². The highest BCUT2D eigenvalue weighted by Crippen LogP contribution is 2.24. The molecule has 108 valence electrons. The van der Waals surface area contributed by atoms with Gasteiger partial charge in [-0.25, -0.2) is 9.97 Å². The fourth-order valence-corrected chi connectivity index (χ4v) is 2.57. The molecular weight excluding hydrogens is 272 g/mol. The Labute approximate surface area is 126 Å². The SMILES string of the molecule is C#CCCN1CCN(c2nc(CC)nc(Cl)c2C)CC1. The number of piperazine rings is 1. The summed E-state index contributed by atoms with van der Waals surface area (Å²) in [5.41, 5.74) is 0.973. The summed E-state index contributed by atoms with van der Waals surface area (Å²) in [4.78, 5) is 13.6. The highest BCUT2D eigenvalue weighted by Gasteiger charge is 2.20. The van der Waals surface area contributed by atoms with Gasteiger partial charge in [0.15, 0.2) is 0 Å². The number of anilines is 1. The second kappa shape index (κ2) is 6.92. The molecule has 0 radical (unpaired) electrons. The molecular formula is C15H21ClN4. The molecule has 0 aromatic carbocycles. The van der Waals surface area contributed by atoms with E-state index in [2.05, 4.69) is 25.7 Å². The standard InChI is InChI=1S/C15H21ClN4/c1-4-6-7-19-8-10-20(11-9-19)15-12(3)14(16)17-13(5-2)18-15/h1H,5-11H2,2-3H3. The smallest absolute Gasteiger partial charge is 0.137 e. The zero-order valence-electron chi connectivity index (χ0n) is 12.2. The molecule has 0 saturated carbocycles. The summed E-state index contributed by atoms with van der Waals surface area (Å²) in [6.45, 7) is 8.97. The summed E-state index contributed by atoms with van der Waals surface area (Å²) in [5.74, 6) is 4.49. The molecule has 1 aliphatic heterocycles. The molecule has 0 atom stereocenters. The van der Waals surface area contributed by atoms with Crippen LogP contribution in [0.1, 0.15) is 24.7 Å². The Balaban J connectivity index is 2.07. The van der Waals surface area contributed by atoms with Gasteiger partial charge in [-0.3, -0.25) is 4.90 Å². The van der Waals surface area contributed by atoms with Crippen LogP contribution in [0.25, 0.3) is 0 Å². The van der Waals surface area contributed by atoms with Gasteiger partial charge >= 0.3 is 0 Å². The molecule has 2 rings (SSSR count). The predicted octanol–water partition coefficient (Wildman–Crippen LogP) is 2.15. The van der Waals surface area contributed by atoms with E-state index in [1.54, 1.807) is 0 Å². The first kappa shape index (κ1) is 15.1. The summed E-state index contributed by atoms with van der Waals surface area (Å²) in [5, 5.41) is 0.571. The second-order valence-corrected chi connectivity index (χ2v) is 5.37. The predicted molar refractivity (Wildman–Crippen MR) is 83.3 cm³/mol. The van der Waals surface area contributed by atoms with Crippen LogP contribution in [0.4, 0.5) is 5.82 Å². The lowest BCUT2D eigenvalue weighted by Crippen LogP contribution is -2.47. The zero-order valence-corrected chi connectivity index (χ0v) is 12.9. The largest absolute Gasteiger partial charge is 0.354 e. The number of hydrogen-bond donors (Lipinski definition) is 0. The van der Waals surface area contributed by atoms with E-state index in [1.807, 2.05) is 13.8 Å². The minimum absolute atomic E-state index is 0.571. The molecule has 1 aromatic heterocycles. The van der Waals surface area contributed by atoms with Gasteiger partial charge in [-0.15, -0.1) is 12.3 Å². The van der Waals surface area contributed by atoms with Crippen LogP contribution in [0.5, 0.6) is 0 Å². The van der Waals surface area contributed by atoms with E-state index in [-0.39, 0.29) is 0 Å². The average Bonchev–Trinajstić information content (AvgIpc) is 2.48. The first-order chi connectivity index (χ1) is 9.65. The maximum Gasteiger partial charge on any atom is 0.137 e. The molecule has 0 amide bonds. The molecule has 2 heterocycles. The summed E-state index contributed by atoms with van der Waals surface area (Å²) in [6.07, 6.45) is 6.93. The van der Waals surface area contributed by atoms with Crippen molar-refractivity contribution in [3.63, 3.8) is 0 Å². The van der Waals surface area contributed by atoms with Gasteiger partial charge < -0.3 is 4.90 Å². The van der Waals surface area contributed by atoms with Crippen LogP contribution in [0.15, 0.2) is 0 Å². The Morgan fingerprint density at radius 1 is 1.25 bits per heavy atom. The van der Waals surface area contributed by atoms with Gasteiger partial charge in [-0.1, -0.05) is 18.5 Å². The first-order valence-corrected chi connectivity index (χ1v) is 7.47. The van der Waals surface area contributed by atoms with Crippen molar-refractivity contribution in [3.05, 3.63) is 16.5 Å². The van der Waals surface area contributed by atoms with Crippen LogP contribution in [0.2, 0.25) is 5.15 Å². The number of hydrogen-bond acceptors (Lipinski definition) is 4. The third-order valence-electron chi connectivity index (χ3n) is 3.67. The summed E-state index contributed by atoms with van der Waals surface area (Å²) in [7, 11) is 0. The number of aromatic nitrogens is 2. The van der Waals surface area contributed by atoms with Crippen molar-refractivity contribution >= 4 is 17.4 Å². The van der Waals surface area contributed by atoms with Crippen LogP contribution < -0.4 is 4.90 Å². The summed E-state index contributed by atoms with van der Waals surface area (Å²) in [6, 6.07) is 0. The van der Waals surface area contributed by atoms with Gasteiger partial charge in [0.2, 0.25) is 0 Å². The molecule has 0 spiro atoms. The second-order valence-electron chi connectivity index (χ2n) is 5.02. The third kappa shape index (κ3) is 3.41. The number of terminal acetylenes is 1. The van der Waals surface area contributed by atoms with E-state index < -0.39 is 0 Å². The molecule has 0 bridgehead atoms. The monoisotopic (exact) mass is 292 g/mol. The van der Waals surface area contributed by atoms with Crippen molar-refractivity contribution in [2.24, 2.45) is 0 Å². The summed E-state index contributed by atoms with van der Waals surface area (Å²) < 4.78 is 0. The van der Waals surface area contributed by atoms with E-state index in [0.717, 1.165) is 62.8 Å². The Bertz CT molecular complexity index is 501. The Kier molecular flexibility index (Phi) is 5.22. The molecule has 0 aliphatic carbocycles. The van der Waals surface area contributed by atoms with Crippen molar-refractivity contribution < 1.29 is 0 Å². The van der Waals surface area contributed by atoms with Crippen LogP contribution in [0, 0.1) is 19.3 Å². The van der Waals surface area contributed by atoms with Crippen molar-refractivity contribution in [2.45, 2.75) is 26.7 Å². The molecule has 1 aliphatic rings. The Hall–Kier alpha value is -1.31. The summed E-state index contributed by atoms with van der Waals surface area (Å²) >= 11 is 6.20. The van der Waals surface area contributed by atoms with Crippen LogP contribution in [-0.2, 0) is 6.42 Å². The van der Waals surface area contributed by atoms with Crippen LogP contribution in [0.3, 0.4) is 0 Å². The van der Waals surface area contributed by atoms with Crippen molar-refractivity contribution in [3.8, 4) is 12.3 Å². The van der Waals surface area contributed by atoms with E-state index in [9.17, 15) is 0 Å². The highest BCUT2D eigenvalue weighted by molar-refractivity contribution is 6.30. The fraction of sp³-hybridized carbons (Fsp3) is 0.600. The van der Waals surface area contributed by atoms with Crippen LogP contribution >= 0.6 is 11.6 Å². The highest BCUT2D eigenvalue weighted by atomic mass is 35.5. The van der Waals surface area contributed by atoms with Gasteiger partial charge in [-0.2, -0.15) is 0 Å². The molecule has 0 N–H and O–H groups in total.